The lowest BCUT2D eigenvalue weighted by atomic mass is 10.1. The number of carbonyl (C=O) groups excluding carboxylic acids is 1. The van der Waals surface area contributed by atoms with E-state index in [0.29, 0.717) is 17.9 Å². The van der Waals surface area contributed by atoms with Crippen LogP contribution in [0.3, 0.4) is 0 Å². The van der Waals surface area contributed by atoms with Gasteiger partial charge in [-0.1, -0.05) is 67.6 Å². The fraction of sp³-hybridized carbons (Fsp3) is 0.278. The van der Waals surface area contributed by atoms with Crippen molar-refractivity contribution >= 4 is 25.0 Å². The Morgan fingerprint density at radius 2 is 1.57 bits per heavy atom. The van der Waals surface area contributed by atoms with E-state index in [1.165, 1.54) is 10.4 Å². The van der Waals surface area contributed by atoms with Gasteiger partial charge in [-0.15, -0.1) is 0 Å². The van der Waals surface area contributed by atoms with E-state index < -0.39 is 8.32 Å². The molecular weight excluding hydrogens is 276 g/mol. The van der Waals surface area contributed by atoms with Crippen LogP contribution in [-0.4, -0.2) is 21.2 Å². The molecule has 2 aromatic carbocycles. The second-order valence-corrected chi connectivity index (χ2v) is 9.42. The number of hydrogen-bond acceptors (Lipinski definition) is 2. The zero-order valence-corrected chi connectivity index (χ0v) is 13.2. The second-order valence-electron chi connectivity index (χ2n) is 5.76. The molecule has 0 radical (unpaired) electrons. The van der Waals surface area contributed by atoms with Crippen molar-refractivity contribution in [2.45, 2.75) is 18.9 Å². The van der Waals surface area contributed by atoms with E-state index in [1.54, 1.807) is 0 Å². The first-order valence-corrected chi connectivity index (χ1v) is 9.46. The van der Waals surface area contributed by atoms with Crippen molar-refractivity contribution in [1.82, 2.24) is 0 Å². The van der Waals surface area contributed by atoms with Gasteiger partial charge in [0.15, 0.2) is 0 Å². The molecule has 1 saturated heterocycles. The van der Waals surface area contributed by atoms with Gasteiger partial charge < -0.3 is 9.22 Å². The fourth-order valence-corrected chi connectivity index (χ4v) is 8.49. The van der Waals surface area contributed by atoms with Gasteiger partial charge in [0.2, 0.25) is 0 Å². The lowest BCUT2D eigenvalue weighted by Crippen LogP contribution is -2.61. The zero-order chi connectivity index (χ0) is 14.7. The first kappa shape index (κ1) is 14.2. The largest absolute Gasteiger partial charge is 0.407 e. The highest BCUT2D eigenvalue weighted by molar-refractivity contribution is 6.99. The molecule has 2 aromatic rings. The van der Waals surface area contributed by atoms with E-state index in [0.717, 1.165) is 12.9 Å². The van der Waals surface area contributed by atoms with E-state index in [2.05, 4.69) is 55.5 Å². The molecule has 0 aliphatic carbocycles. The minimum Gasteiger partial charge on any atom is -0.407 e. The number of rotatable bonds is 4. The van der Waals surface area contributed by atoms with Gasteiger partial charge in [0, 0.05) is 13.0 Å². The first-order chi connectivity index (χ1) is 10.3. The van der Waals surface area contributed by atoms with Crippen LogP contribution in [0.1, 0.15) is 13.3 Å². The van der Waals surface area contributed by atoms with Crippen LogP contribution >= 0.6 is 0 Å². The molecule has 1 aliphatic rings. The summed E-state index contributed by atoms with van der Waals surface area (Å²) in [6.07, 6.45) is 1.64. The maximum absolute atomic E-state index is 11.2. The summed E-state index contributed by atoms with van der Waals surface area (Å²) in [5.41, 5.74) is 0.305. The molecule has 3 heteroatoms. The SMILES string of the molecule is C[C@@H]1CO[Si](c2ccccc2)(c2ccccc2)[C@H]1CC=O. The summed E-state index contributed by atoms with van der Waals surface area (Å²) in [4.78, 5) is 11.2. The van der Waals surface area contributed by atoms with Crippen molar-refractivity contribution < 1.29 is 9.22 Å². The molecule has 1 heterocycles. The smallest absolute Gasteiger partial charge is 0.259 e. The molecule has 1 fully saturated rings. The molecule has 108 valence electrons. The average Bonchev–Trinajstić information content (AvgIpc) is 2.88. The highest BCUT2D eigenvalue weighted by atomic mass is 28.4. The molecule has 21 heavy (non-hydrogen) atoms. The maximum Gasteiger partial charge on any atom is 0.259 e. The van der Waals surface area contributed by atoms with E-state index in [9.17, 15) is 4.79 Å². The Bertz CT molecular complexity index is 558. The number of benzene rings is 2. The monoisotopic (exact) mass is 296 g/mol. The van der Waals surface area contributed by atoms with Gasteiger partial charge in [0.25, 0.3) is 8.32 Å². The van der Waals surface area contributed by atoms with Gasteiger partial charge in [0.05, 0.1) is 0 Å². The molecule has 2 atom stereocenters. The van der Waals surface area contributed by atoms with Crippen molar-refractivity contribution in [2.24, 2.45) is 5.92 Å². The molecule has 2 nitrogen and oxygen atoms in total. The van der Waals surface area contributed by atoms with E-state index in [-0.39, 0.29) is 0 Å². The quantitative estimate of drug-likeness (QED) is 0.639. The summed E-state index contributed by atoms with van der Waals surface area (Å²) in [5, 5.41) is 2.54. The van der Waals surface area contributed by atoms with Crippen LogP contribution in [-0.2, 0) is 9.22 Å². The summed E-state index contributed by atoms with van der Waals surface area (Å²) >= 11 is 0. The summed E-state index contributed by atoms with van der Waals surface area (Å²) in [6.45, 7) is 2.95. The normalized spacial score (nSPS) is 23.9. The van der Waals surface area contributed by atoms with Crippen molar-refractivity contribution in [2.75, 3.05) is 6.61 Å². The summed E-state index contributed by atoms with van der Waals surface area (Å²) in [7, 11) is -2.33. The number of hydrogen-bond donors (Lipinski definition) is 0. The molecule has 0 bridgehead atoms. The van der Waals surface area contributed by atoms with Gasteiger partial charge in [-0.25, -0.2) is 0 Å². The minimum absolute atomic E-state index is 0.305. The topological polar surface area (TPSA) is 26.3 Å². The molecule has 0 amide bonds. The lowest BCUT2D eigenvalue weighted by Gasteiger charge is -2.33. The van der Waals surface area contributed by atoms with Gasteiger partial charge in [-0.3, -0.25) is 0 Å². The molecule has 1 aliphatic heterocycles. The van der Waals surface area contributed by atoms with E-state index in [4.69, 9.17) is 4.43 Å². The Kier molecular flexibility index (Phi) is 4.04. The number of carbonyl (C=O) groups is 1. The van der Waals surface area contributed by atoms with Crippen molar-refractivity contribution in [3.63, 3.8) is 0 Å². The van der Waals surface area contributed by atoms with E-state index >= 15 is 0 Å². The molecule has 0 unspecified atom stereocenters. The van der Waals surface area contributed by atoms with Crippen molar-refractivity contribution in [3.05, 3.63) is 60.7 Å². The predicted molar refractivity (Wildman–Crippen MR) is 87.5 cm³/mol. The van der Waals surface area contributed by atoms with Crippen LogP contribution in [0.25, 0.3) is 0 Å². The average molecular weight is 296 g/mol. The van der Waals surface area contributed by atoms with Gasteiger partial charge in [-0.05, 0) is 21.8 Å². The standard InChI is InChI=1S/C18H20O2Si/c1-15-14-20-21(18(15)12-13-19,16-8-4-2-5-9-16)17-10-6-3-7-11-17/h2-11,13,15,18H,12,14H2,1H3/t15-,18+/m1/s1. The van der Waals surface area contributed by atoms with Crippen LogP contribution in [0.4, 0.5) is 0 Å². The lowest BCUT2D eigenvalue weighted by molar-refractivity contribution is -0.108. The second kappa shape index (κ2) is 5.96. The number of aldehydes is 1. The molecule has 0 saturated carbocycles. The van der Waals surface area contributed by atoms with Crippen LogP contribution in [0, 0.1) is 5.92 Å². The third-order valence-corrected chi connectivity index (χ3v) is 9.39. The molecule has 3 rings (SSSR count). The predicted octanol–water partition coefficient (Wildman–Crippen LogP) is 2.37. The van der Waals surface area contributed by atoms with Gasteiger partial charge in [0.1, 0.15) is 6.29 Å². The summed E-state index contributed by atoms with van der Waals surface area (Å²) in [6, 6.07) is 21.0. The highest BCUT2D eigenvalue weighted by Crippen LogP contribution is 2.39. The Morgan fingerprint density at radius 1 is 1.05 bits per heavy atom. The Balaban J connectivity index is 2.18. The van der Waals surface area contributed by atoms with Crippen molar-refractivity contribution in [1.29, 1.82) is 0 Å². The van der Waals surface area contributed by atoms with Crippen LogP contribution in [0.15, 0.2) is 60.7 Å². The maximum atomic E-state index is 11.2. The Labute approximate surface area is 126 Å². The Hall–Kier alpha value is -1.71. The van der Waals surface area contributed by atoms with Crippen LogP contribution in [0.2, 0.25) is 5.54 Å². The third kappa shape index (κ3) is 2.37. The van der Waals surface area contributed by atoms with E-state index in [1.807, 2.05) is 12.1 Å². The minimum atomic E-state index is -2.33. The van der Waals surface area contributed by atoms with Crippen molar-refractivity contribution in [3.8, 4) is 0 Å². The van der Waals surface area contributed by atoms with Gasteiger partial charge >= 0.3 is 0 Å². The molecule has 0 N–H and O–H groups in total. The molecule has 0 aromatic heterocycles. The summed E-state index contributed by atoms with van der Waals surface area (Å²) in [5.74, 6) is 0.419. The van der Waals surface area contributed by atoms with Gasteiger partial charge in [-0.2, -0.15) is 0 Å². The Morgan fingerprint density at radius 3 is 2.05 bits per heavy atom. The third-order valence-electron chi connectivity index (χ3n) is 4.54. The fourth-order valence-electron chi connectivity index (χ4n) is 3.52. The summed E-state index contributed by atoms with van der Waals surface area (Å²) < 4.78 is 6.47. The molecular formula is C18H20O2Si. The zero-order valence-electron chi connectivity index (χ0n) is 12.2. The first-order valence-electron chi connectivity index (χ1n) is 7.47. The molecule has 0 spiro atoms. The van der Waals surface area contributed by atoms with Crippen LogP contribution in [0.5, 0.6) is 0 Å². The highest BCUT2D eigenvalue weighted by Gasteiger charge is 2.53. The van der Waals surface area contributed by atoms with Crippen LogP contribution < -0.4 is 10.4 Å².